The van der Waals surface area contributed by atoms with Gasteiger partial charge >= 0.3 is 0 Å². The molecule has 2 heterocycles. The number of fused-ring (bicyclic) bond motifs is 1. The van der Waals surface area contributed by atoms with Gasteiger partial charge in [0, 0.05) is 19.2 Å². The van der Waals surface area contributed by atoms with Gasteiger partial charge in [-0.05, 0) is 18.1 Å². The highest BCUT2D eigenvalue weighted by Crippen LogP contribution is 2.05. The first-order valence-corrected chi connectivity index (χ1v) is 8.43. The van der Waals surface area contributed by atoms with Crippen molar-refractivity contribution in [3.05, 3.63) is 30.2 Å². The number of nitrogens with zero attached hydrogens (tertiary/aromatic N) is 3. The van der Waals surface area contributed by atoms with Crippen molar-refractivity contribution in [2.24, 2.45) is 5.92 Å². The number of sulfonamides is 1. The summed E-state index contributed by atoms with van der Waals surface area (Å²) in [7, 11) is -3.21. The van der Waals surface area contributed by atoms with Crippen molar-refractivity contribution in [2.45, 2.75) is 26.7 Å². The lowest BCUT2D eigenvalue weighted by Crippen LogP contribution is -2.31. The van der Waals surface area contributed by atoms with E-state index in [1.165, 1.54) is 0 Å². The summed E-state index contributed by atoms with van der Waals surface area (Å²) in [6.07, 6.45) is 3.25. The van der Waals surface area contributed by atoms with Crippen LogP contribution in [0.15, 0.2) is 24.4 Å². The zero-order valence-corrected chi connectivity index (χ0v) is 12.6. The predicted molar refractivity (Wildman–Crippen MR) is 77.9 cm³/mol. The summed E-state index contributed by atoms with van der Waals surface area (Å²) in [4.78, 5) is 0. The molecule has 2 aromatic heterocycles. The Kier molecular flexibility index (Phi) is 4.72. The van der Waals surface area contributed by atoms with E-state index in [2.05, 4.69) is 14.9 Å². The summed E-state index contributed by atoms with van der Waals surface area (Å²) in [5.74, 6) is 1.10. The first-order valence-electron chi connectivity index (χ1n) is 6.78. The van der Waals surface area contributed by atoms with E-state index in [1.807, 2.05) is 42.6 Å². The van der Waals surface area contributed by atoms with E-state index in [9.17, 15) is 8.42 Å². The van der Waals surface area contributed by atoms with Crippen molar-refractivity contribution in [1.82, 2.24) is 19.3 Å². The first-order chi connectivity index (χ1) is 9.52. The molecule has 0 spiro atoms. The molecule has 2 aromatic rings. The lowest BCUT2D eigenvalue weighted by atomic mass is 10.2. The first kappa shape index (κ1) is 14.9. The highest BCUT2D eigenvalue weighted by atomic mass is 32.2. The molecule has 7 heteroatoms. The van der Waals surface area contributed by atoms with Gasteiger partial charge in [0.2, 0.25) is 10.0 Å². The molecule has 0 fully saturated rings. The van der Waals surface area contributed by atoms with E-state index in [4.69, 9.17) is 0 Å². The Balaban J connectivity index is 1.93. The summed E-state index contributed by atoms with van der Waals surface area (Å²) < 4.78 is 28.2. The standard InChI is InChI=1S/C13H20N4O2S/c1-3-11(2)10-20(18,19)14-8-7-13-16-15-12-6-4-5-9-17(12)13/h4-6,9,11,14H,3,7-8,10H2,1-2H3/t11-/m1/s1. The Bertz CT molecular complexity index is 666. The van der Waals surface area contributed by atoms with E-state index in [0.29, 0.717) is 13.0 Å². The normalized spacial score (nSPS) is 13.7. The second-order valence-electron chi connectivity index (χ2n) is 4.98. The van der Waals surface area contributed by atoms with Gasteiger partial charge < -0.3 is 0 Å². The van der Waals surface area contributed by atoms with Crippen LogP contribution in [-0.2, 0) is 16.4 Å². The third-order valence-corrected chi connectivity index (χ3v) is 4.91. The molecule has 0 radical (unpaired) electrons. The minimum atomic E-state index is -3.21. The molecule has 0 bridgehead atoms. The molecule has 20 heavy (non-hydrogen) atoms. The molecule has 0 unspecified atom stereocenters. The van der Waals surface area contributed by atoms with Gasteiger partial charge in [0.25, 0.3) is 0 Å². The number of nitrogens with one attached hydrogen (secondary N) is 1. The smallest absolute Gasteiger partial charge is 0.211 e. The van der Waals surface area contributed by atoms with Crippen LogP contribution in [-0.4, -0.2) is 35.3 Å². The van der Waals surface area contributed by atoms with Gasteiger partial charge in [0.15, 0.2) is 5.65 Å². The molecule has 0 aliphatic carbocycles. The molecular formula is C13H20N4O2S. The zero-order chi connectivity index (χ0) is 14.6. The topological polar surface area (TPSA) is 76.4 Å². The van der Waals surface area contributed by atoms with E-state index in [1.54, 1.807) is 0 Å². The second kappa shape index (κ2) is 6.32. The summed E-state index contributed by atoms with van der Waals surface area (Å²) >= 11 is 0. The maximum atomic E-state index is 11.8. The zero-order valence-electron chi connectivity index (χ0n) is 11.8. The molecule has 0 saturated heterocycles. The Morgan fingerprint density at radius 1 is 1.35 bits per heavy atom. The Morgan fingerprint density at radius 3 is 2.90 bits per heavy atom. The number of pyridine rings is 1. The van der Waals surface area contributed by atoms with Gasteiger partial charge in [-0.2, -0.15) is 0 Å². The molecule has 0 amide bonds. The lowest BCUT2D eigenvalue weighted by molar-refractivity contribution is 0.552. The molecule has 2 rings (SSSR count). The van der Waals surface area contributed by atoms with Crippen LogP contribution in [0.3, 0.4) is 0 Å². The average molecular weight is 296 g/mol. The summed E-state index contributed by atoms with van der Waals surface area (Å²) in [5.41, 5.74) is 0.768. The van der Waals surface area contributed by atoms with Gasteiger partial charge in [-0.3, -0.25) is 4.40 Å². The van der Waals surface area contributed by atoms with Crippen molar-refractivity contribution in [2.75, 3.05) is 12.3 Å². The molecule has 0 aliphatic rings. The van der Waals surface area contributed by atoms with E-state index >= 15 is 0 Å². The number of hydrogen-bond acceptors (Lipinski definition) is 4. The van der Waals surface area contributed by atoms with Crippen molar-refractivity contribution >= 4 is 15.7 Å². The van der Waals surface area contributed by atoms with Crippen molar-refractivity contribution < 1.29 is 8.42 Å². The van der Waals surface area contributed by atoms with Gasteiger partial charge in [0.05, 0.1) is 5.75 Å². The molecule has 0 aliphatic heterocycles. The second-order valence-corrected chi connectivity index (χ2v) is 6.84. The van der Waals surface area contributed by atoms with Crippen LogP contribution in [0.25, 0.3) is 5.65 Å². The van der Waals surface area contributed by atoms with E-state index in [0.717, 1.165) is 17.9 Å². The van der Waals surface area contributed by atoms with Crippen LogP contribution in [0.4, 0.5) is 0 Å². The summed E-state index contributed by atoms with van der Waals surface area (Å²) in [6, 6.07) is 5.65. The summed E-state index contributed by atoms with van der Waals surface area (Å²) in [5, 5.41) is 8.10. The predicted octanol–water partition coefficient (Wildman–Crippen LogP) is 1.24. The van der Waals surface area contributed by atoms with Crippen molar-refractivity contribution in [3.63, 3.8) is 0 Å². The number of aromatic nitrogens is 3. The maximum Gasteiger partial charge on any atom is 0.211 e. The third-order valence-electron chi connectivity index (χ3n) is 3.26. The molecule has 0 saturated carbocycles. The van der Waals surface area contributed by atoms with Crippen LogP contribution < -0.4 is 4.72 Å². The Morgan fingerprint density at radius 2 is 2.15 bits per heavy atom. The van der Waals surface area contributed by atoms with Crippen LogP contribution in [0.2, 0.25) is 0 Å². The lowest BCUT2D eigenvalue weighted by Gasteiger charge is -2.10. The van der Waals surface area contributed by atoms with Crippen molar-refractivity contribution in [1.29, 1.82) is 0 Å². The fourth-order valence-electron chi connectivity index (χ4n) is 1.93. The van der Waals surface area contributed by atoms with Gasteiger partial charge in [-0.15, -0.1) is 10.2 Å². The largest absolute Gasteiger partial charge is 0.286 e. The Hall–Kier alpha value is -1.47. The monoisotopic (exact) mass is 296 g/mol. The van der Waals surface area contributed by atoms with Gasteiger partial charge in [-0.1, -0.05) is 26.3 Å². The quantitative estimate of drug-likeness (QED) is 0.834. The van der Waals surface area contributed by atoms with Crippen LogP contribution >= 0.6 is 0 Å². The SMILES string of the molecule is CC[C@@H](C)CS(=O)(=O)NCCc1nnc2ccccn12. The molecule has 1 atom stereocenters. The molecule has 1 N–H and O–H groups in total. The van der Waals surface area contributed by atoms with Gasteiger partial charge in [-0.25, -0.2) is 13.1 Å². The van der Waals surface area contributed by atoms with Crippen LogP contribution in [0.1, 0.15) is 26.1 Å². The fourth-order valence-corrected chi connectivity index (χ4v) is 3.45. The van der Waals surface area contributed by atoms with E-state index in [-0.39, 0.29) is 11.7 Å². The minimum absolute atomic E-state index is 0.168. The summed E-state index contributed by atoms with van der Waals surface area (Å²) in [6.45, 7) is 4.27. The maximum absolute atomic E-state index is 11.8. The average Bonchev–Trinajstić information content (AvgIpc) is 2.81. The Labute approximate surface area is 119 Å². The van der Waals surface area contributed by atoms with Crippen LogP contribution in [0, 0.1) is 5.92 Å². The molecule has 0 aromatic carbocycles. The fraction of sp³-hybridized carbons (Fsp3) is 0.538. The minimum Gasteiger partial charge on any atom is -0.286 e. The van der Waals surface area contributed by atoms with Crippen LogP contribution in [0.5, 0.6) is 0 Å². The number of rotatable bonds is 7. The third kappa shape index (κ3) is 3.77. The molecular weight excluding hydrogens is 276 g/mol. The van der Waals surface area contributed by atoms with E-state index < -0.39 is 10.0 Å². The highest BCUT2D eigenvalue weighted by molar-refractivity contribution is 7.89. The van der Waals surface area contributed by atoms with Crippen molar-refractivity contribution in [3.8, 4) is 0 Å². The van der Waals surface area contributed by atoms with Gasteiger partial charge in [0.1, 0.15) is 5.82 Å². The number of hydrogen-bond donors (Lipinski definition) is 1. The molecule has 6 nitrogen and oxygen atoms in total. The molecule has 110 valence electrons. The highest BCUT2D eigenvalue weighted by Gasteiger charge is 2.14.